The average molecular weight is 287 g/mol. The summed E-state index contributed by atoms with van der Waals surface area (Å²) in [6.45, 7) is 3.92. The molecule has 1 aliphatic heterocycles. The van der Waals surface area contributed by atoms with E-state index in [-0.39, 0.29) is 6.04 Å². The molecule has 112 valence electrons. The highest BCUT2D eigenvalue weighted by Gasteiger charge is 2.35. The van der Waals surface area contributed by atoms with Crippen LogP contribution in [-0.4, -0.2) is 19.8 Å². The van der Waals surface area contributed by atoms with Crippen molar-refractivity contribution in [1.29, 1.82) is 0 Å². The van der Waals surface area contributed by atoms with E-state index in [1.807, 2.05) is 6.92 Å². The van der Waals surface area contributed by atoms with Gasteiger partial charge in [-0.3, -0.25) is 0 Å². The van der Waals surface area contributed by atoms with Crippen LogP contribution in [0, 0.1) is 5.92 Å². The lowest BCUT2D eigenvalue weighted by Crippen LogP contribution is -2.26. The van der Waals surface area contributed by atoms with Gasteiger partial charge in [0.05, 0.1) is 5.56 Å². The van der Waals surface area contributed by atoms with Gasteiger partial charge >= 0.3 is 6.18 Å². The molecule has 0 amide bonds. The monoisotopic (exact) mass is 287 g/mol. The fourth-order valence-electron chi connectivity index (χ4n) is 2.73. The van der Waals surface area contributed by atoms with Crippen LogP contribution >= 0.6 is 0 Å². The Morgan fingerprint density at radius 2 is 2.10 bits per heavy atom. The molecule has 0 saturated carbocycles. The Balaban J connectivity index is 2.24. The van der Waals surface area contributed by atoms with E-state index in [9.17, 15) is 13.2 Å². The number of halogens is 3. The third-order valence-electron chi connectivity index (χ3n) is 3.69. The summed E-state index contributed by atoms with van der Waals surface area (Å²) in [5.74, 6) is 0.334. The minimum absolute atomic E-state index is 0.274. The summed E-state index contributed by atoms with van der Waals surface area (Å²) in [5.41, 5.74) is -0.196. The molecule has 1 saturated heterocycles. The van der Waals surface area contributed by atoms with Crippen molar-refractivity contribution in [2.24, 2.45) is 5.92 Å². The van der Waals surface area contributed by atoms with Gasteiger partial charge in [0.1, 0.15) is 0 Å². The van der Waals surface area contributed by atoms with Gasteiger partial charge in [-0.15, -0.1) is 0 Å². The van der Waals surface area contributed by atoms with Gasteiger partial charge in [-0.25, -0.2) is 0 Å². The summed E-state index contributed by atoms with van der Waals surface area (Å²) >= 11 is 0. The number of nitrogens with one attached hydrogen (secondary N) is 1. The Morgan fingerprint density at radius 3 is 2.70 bits per heavy atom. The first-order valence-electron chi connectivity index (χ1n) is 6.99. The molecular formula is C15H20F3NO. The van der Waals surface area contributed by atoms with Gasteiger partial charge in [-0.05, 0) is 36.9 Å². The van der Waals surface area contributed by atoms with Crippen LogP contribution in [0.3, 0.4) is 0 Å². The van der Waals surface area contributed by atoms with Crippen molar-refractivity contribution in [2.45, 2.75) is 32.0 Å². The number of benzene rings is 1. The fraction of sp³-hybridized carbons (Fsp3) is 0.600. The van der Waals surface area contributed by atoms with E-state index in [2.05, 4.69) is 5.32 Å². The van der Waals surface area contributed by atoms with E-state index in [1.54, 1.807) is 12.1 Å². The maximum Gasteiger partial charge on any atom is 0.416 e. The summed E-state index contributed by atoms with van der Waals surface area (Å²) in [7, 11) is 0. The van der Waals surface area contributed by atoms with E-state index in [0.29, 0.717) is 37.7 Å². The van der Waals surface area contributed by atoms with Crippen molar-refractivity contribution in [3.8, 4) is 0 Å². The minimum atomic E-state index is -4.31. The number of alkyl halides is 3. The largest absolute Gasteiger partial charge is 0.416 e. The molecule has 0 aliphatic carbocycles. The highest BCUT2D eigenvalue weighted by Crippen LogP contribution is 2.37. The second-order valence-corrected chi connectivity index (χ2v) is 5.16. The normalized spacial score (nSPS) is 21.1. The molecule has 1 heterocycles. The van der Waals surface area contributed by atoms with E-state index in [4.69, 9.17) is 4.74 Å². The minimum Gasteiger partial charge on any atom is -0.381 e. The topological polar surface area (TPSA) is 21.3 Å². The number of hydrogen-bond acceptors (Lipinski definition) is 2. The lowest BCUT2D eigenvalue weighted by Gasteiger charge is -2.24. The van der Waals surface area contributed by atoms with Crippen molar-refractivity contribution >= 4 is 0 Å². The van der Waals surface area contributed by atoms with Gasteiger partial charge in [-0.1, -0.05) is 25.1 Å². The van der Waals surface area contributed by atoms with Crippen LogP contribution in [0.2, 0.25) is 0 Å². The fourth-order valence-corrected chi connectivity index (χ4v) is 2.73. The van der Waals surface area contributed by atoms with E-state index >= 15 is 0 Å². The van der Waals surface area contributed by atoms with E-state index in [0.717, 1.165) is 12.5 Å². The molecule has 20 heavy (non-hydrogen) atoms. The molecule has 0 radical (unpaired) electrons. The number of rotatable bonds is 5. The molecule has 5 heteroatoms. The van der Waals surface area contributed by atoms with Crippen LogP contribution in [0.25, 0.3) is 0 Å². The first-order valence-corrected chi connectivity index (χ1v) is 6.99. The van der Waals surface area contributed by atoms with Crippen LogP contribution in [0.1, 0.15) is 36.9 Å². The molecule has 2 unspecified atom stereocenters. The van der Waals surface area contributed by atoms with E-state index in [1.165, 1.54) is 6.07 Å². The molecule has 1 aromatic carbocycles. The maximum atomic E-state index is 13.1. The molecule has 1 aliphatic rings. The number of ether oxygens (including phenoxy) is 1. The molecule has 1 N–H and O–H groups in total. The summed E-state index contributed by atoms with van der Waals surface area (Å²) < 4.78 is 44.6. The zero-order chi connectivity index (χ0) is 14.6. The zero-order valence-corrected chi connectivity index (χ0v) is 11.5. The summed E-state index contributed by atoms with van der Waals surface area (Å²) in [4.78, 5) is 0. The molecule has 2 rings (SSSR count). The van der Waals surface area contributed by atoms with Crippen LogP contribution < -0.4 is 5.32 Å². The predicted molar refractivity (Wildman–Crippen MR) is 71.4 cm³/mol. The SMILES string of the molecule is CCNC(CC1CCOC1)c1ccccc1C(F)(F)F. The van der Waals surface area contributed by atoms with Crippen molar-refractivity contribution < 1.29 is 17.9 Å². The predicted octanol–water partition coefficient (Wildman–Crippen LogP) is 3.78. The highest BCUT2D eigenvalue weighted by atomic mass is 19.4. The van der Waals surface area contributed by atoms with Gasteiger partial charge in [0.15, 0.2) is 0 Å². The second-order valence-electron chi connectivity index (χ2n) is 5.16. The van der Waals surface area contributed by atoms with Gasteiger partial charge in [0, 0.05) is 19.3 Å². The zero-order valence-electron chi connectivity index (χ0n) is 11.5. The van der Waals surface area contributed by atoms with Crippen LogP contribution in [0.5, 0.6) is 0 Å². The Bertz CT molecular complexity index is 427. The van der Waals surface area contributed by atoms with Gasteiger partial charge in [-0.2, -0.15) is 13.2 Å². The van der Waals surface area contributed by atoms with Crippen LogP contribution in [-0.2, 0) is 10.9 Å². The maximum absolute atomic E-state index is 13.1. The quantitative estimate of drug-likeness (QED) is 0.890. The molecule has 1 aromatic rings. The lowest BCUT2D eigenvalue weighted by atomic mass is 9.91. The molecule has 1 fully saturated rings. The van der Waals surface area contributed by atoms with Crippen molar-refractivity contribution in [1.82, 2.24) is 5.32 Å². The standard InChI is InChI=1S/C15H20F3NO/c1-2-19-14(9-11-7-8-20-10-11)12-5-3-4-6-13(12)15(16,17)18/h3-6,11,14,19H,2,7-10H2,1H3. The van der Waals surface area contributed by atoms with Crippen molar-refractivity contribution in [3.05, 3.63) is 35.4 Å². The van der Waals surface area contributed by atoms with Gasteiger partial charge in [0.25, 0.3) is 0 Å². The summed E-state index contributed by atoms with van der Waals surface area (Å²) in [6, 6.07) is 5.56. The Kier molecular flexibility index (Phi) is 5.05. The summed E-state index contributed by atoms with van der Waals surface area (Å²) in [6.07, 6.45) is -2.70. The third-order valence-corrected chi connectivity index (χ3v) is 3.69. The van der Waals surface area contributed by atoms with Crippen LogP contribution in [0.15, 0.2) is 24.3 Å². The van der Waals surface area contributed by atoms with Gasteiger partial charge < -0.3 is 10.1 Å². The molecule has 2 atom stereocenters. The molecule has 2 nitrogen and oxygen atoms in total. The van der Waals surface area contributed by atoms with Crippen LogP contribution in [0.4, 0.5) is 13.2 Å². The van der Waals surface area contributed by atoms with Crippen molar-refractivity contribution in [2.75, 3.05) is 19.8 Å². The Hall–Kier alpha value is -1.07. The second kappa shape index (κ2) is 6.59. The van der Waals surface area contributed by atoms with Crippen molar-refractivity contribution in [3.63, 3.8) is 0 Å². The molecule has 0 aromatic heterocycles. The highest BCUT2D eigenvalue weighted by molar-refractivity contribution is 5.32. The third kappa shape index (κ3) is 3.73. The van der Waals surface area contributed by atoms with E-state index < -0.39 is 11.7 Å². The Labute approximate surface area is 117 Å². The van der Waals surface area contributed by atoms with Gasteiger partial charge in [0.2, 0.25) is 0 Å². The summed E-state index contributed by atoms with van der Waals surface area (Å²) in [5, 5.41) is 3.18. The molecule has 0 bridgehead atoms. The first-order chi connectivity index (χ1) is 9.52. The Morgan fingerprint density at radius 1 is 1.35 bits per heavy atom. The average Bonchev–Trinajstić information content (AvgIpc) is 2.90. The smallest absolute Gasteiger partial charge is 0.381 e. The lowest BCUT2D eigenvalue weighted by molar-refractivity contribution is -0.138. The molecule has 0 spiro atoms. The number of hydrogen-bond donors (Lipinski definition) is 1. The molecular weight excluding hydrogens is 267 g/mol. The first kappa shape index (κ1) is 15.3.